The second-order valence-electron chi connectivity index (χ2n) is 7.78. The van der Waals surface area contributed by atoms with Crippen LogP contribution in [0.1, 0.15) is 36.1 Å². The van der Waals surface area contributed by atoms with E-state index in [4.69, 9.17) is 9.47 Å². The van der Waals surface area contributed by atoms with Crippen LogP contribution in [0.3, 0.4) is 0 Å². The highest BCUT2D eigenvalue weighted by atomic mass is 16.5. The Labute approximate surface area is 175 Å². The molecule has 0 unspecified atom stereocenters. The van der Waals surface area contributed by atoms with Crippen LogP contribution in [-0.2, 0) is 18.0 Å². The highest BCUT2D eigenvalue weighted by molar-refractivity contribution is 5.74. The zero-order valence-corrected chi connectivity index (χ0v) is 17.0. The van der Waals surface area contributed by atoms with Crippen LogP contribution in [0.2, 0.25) is 0 Å². The van der Waals surface area contributed by atoms with E-state index in [0.717, 1.165) is 16.7 Å². The van der Waals surface area contributed by atoms with Gasteiger partial charge < -0.3 is 9.47 Å². The van der Waals surface area contributed by atoms with Gasteiger partial charge in [-0.15, -0.1) is 0 Å². The van der Waals surface area contributed by atoms with E-state index in [2.05, 4.69) is 6.07 Å². The summed E-state index contributed by atoms with van der Waals surface area (Å²) >= 11 is 0. The van der Waals surface area contributed by atoms with Crippen molar-refractivity contribution < 1.29 is 9.47 Å². The number of hydrogen-bond acceptors (Lipinski definition) is 4. The summed E-state index contributed by atoms with van der Waals surface area (Å²) in [4.78, 5) is 12.7. The topological polar surface area (TPSA) is 64.2 Å². The molecule has 0 aliphatic carbocycles. The SMILES string of the molecule is CC1(C)C=C(n2cc(COCc3ccccc3)ccc2=O)c2cc(C#N)ccc2O1. The molecule has 1 aliphatic rings. The van der Waals surface area contributed by atoms with Gasteiger partial charge in [-0.3, -0.25) is 9.36 Å². The second-order valence-corrected chi connectivity index (χ2v) is 7.78. The first kappa shape index (κ1) is 19.7. The lowest BCUT2D eigenvalue weighted by molar-refractivity contribution is 0.107. The van der Waals surface area contributed by atoms with Crippen molar-refractivity contribution in [3.05, 3.63) is 106 Å². The van der Waals surface area contributed by atoms with Crippen LogP contribution in [0.15, 0.2) is 77.7 Å². The van der Waals surface area contributed by atoms with E-state index in [-0.39, 0.29) is 5.56 Å². The van der Waals surface area contributed by atoms with Gasteiger partial charge in [-0.25, -0.2) is 0 Å². The van der Waals surface area contributed by atoms with Crippen LogP contribution < -0.4 is 10.3 Å². The molecule has 0 bridgehead atoms. The lowest BCUT2D eigenvalue weighted by Gasteiger charge is -2.31. The average Bonchev–Trinajstić information content (AvgIpc) is 2.74. The van der Waals surface area contributed by atoms with Crippen LogP contribution in [0.25, 0.3) is 5.70 Å². The van der Waals surface area contributed by atoms with Crippen LogP contribution in [0.5, 0.6) is 5.75 Å². The van der Waals surface area contributed by atoms with E-state index >= 15 is 0 Å². The molecular weight excluding hydrogens is 376 g/mol. The molecule has 0 saturated carbocycles. The van der Waals surface area contributed by atoms with Gasteiger partial charge in [0.15, 0.2) is 0 Å². The van der Waals surface area contributed by atoms with Crippen molar-refractivity contribution in [3.8, 4) is 11.8 Å². The van der Waals surface area contributed by atoms with Crippen LogP contribution in [0.4, 0.5) is 0 Å². The first-order valence-electron chi connectivity index (χ1n) is 9.75. The summed E-state index contributed by atoms with van der Waals surface area (Å²) in [6, 6.07) is 20.7. The molecule has 0 amide bonds. The van der Waals surface area contributed by atoms with Crippen molar-refractivity contribution in [3.63, 3.8) is 0 Å². The quantitative estimate of drug-likeness (QED) is 0.635. The second kappa shape index (κ2) is 8.02. The van der Waals surface area contributed by atoms with E-state index in [0.29, 0.717) is 30.2 Å². The molecule has 4 rings (SSSR count). The number of ether oxygens (including phenoxy) is 2. The molecule has 2 aromatic carbocycles. The van der Waals surface area contributed by atoms with Crippen LogP contribution in [0, 0.1) is 11.3 Å². The first-order valence-corrected chi connectivity index (χ1v) is 9.75. The number of hydrogen-bond donors (Lipinski definition) is 0. The van der Waals surface area contributed by atoms with E-state index in [1.807, 2.05) is 50.3 Å². The number of pyridine rings is 1. The Morgan fingerprint density at radius 3 is 2.57 bits per heavy atom. The van der Waals surface area contributed by atoms with Crippen molar-refractivity contribution in [1.29, 1.82) is 5.26 Å². The zero-order chi connectivity index (χ0) is 21.1. The number of fused-ring (bicyclic) bond motifs is 1. The molecule has 0 N–H and O–H groups in total. The maximum atomic E-state index is 12.7. The molecule has 5 heteroatoms. The van der Waals surface area contributed by atoms with Crippen molar-refractivity contribution in [1.82, 2.24) is 4.57 Å². The first-order chi connectivity index (χ1) is 14.4. The van der Waals surface area contributed by atoms with Gasteiger partial charge in [0.05, 0.1) is 30.5 Å². The summed E-state index contributed by atoms with van der Waals surface area (Å²) in [6.07, 6.45) is 3.70. The Hall–Kier alpha value is -3.62. The summed E-state index contributed by atoms with van der Waals surface area (Å²) in [5, 5.41) is 9.29. The normalized spacial score (nSPS) is 14.2. The zero-order valence-electron chi connectivity index (χ0n) is 17.0. The predicted octanol–water partition coefficient (Wildman–Crippen LogP) is 4.50. The van der Waals surface area contributed by atoms with E-state index < -0.39 is 5.60 Å². The largest absolute Gasteiger partial charge is 0.483 e. The minimum Gasteiger partial charge on any atom is -0.483 e. The van der Waals surface area contributed by atoms with Crippen molar-refractivity contribution in [2.75, 3.05) is 0 Å². The highest BCUT2D eigenvalue weighted by Gasteiger charge is 2.28. The number of nitrogens with zero attached hydrogens (tertiary/aromatic N) is 2. The molecular formula is C25H22N2O3. The number of nitriles is 1. The third-order valence-electron chi connectivity index (χ3n) is 4.85. The van der Waals surface area contributed by atoms with E-state index in [9.17, 15) is 10.1 Å². The summed E-state index contributed by atoms with van der Waals surface area (Å²) in [6.45, 7) is 4.75. The Balaban J connectivity index is 1.66. The smallest absolute Gasteiger partial charge is 0.255 e. The number of rotatable bonds is 5. The maximum absolute atomic E-state index is 12.7. The fourth-order valence-electron chi connectivity index (χ4n) is 3.47. The van der Waals surface area contributed by atoms with E-state index in [1.165, 1.54) is 0 Å². The Bertz CT molecular complexity index is 1200. The number of benzene rings is 2. The summed E-state index contributed by atoms with van der Waals surface area (Å²) in [5.74, 6) is 0.647. The standard InChI is InChI=1S/C25H22N2O3/c1-25(2)13-22(21-12-19(14-26)8-10-23(21)30-25)27-15-20(9-11-24(27)28)17-29-16-18-6-4-3-5-7-18/h3-13,15H,16-17H2,1-2H3. The molecule has 0 radical (unpaired) electrons. The van der Waals surface area contributed by atoms with Gasteiger partial charge in [0.25, 0.3) is 5.56 Å². The summed E-state index contributed by atoms with van der Waals surface area (Å²) < 4.78 is 13.5. The Morgan fingerprint density at radius 2 is 1.80 bits per heavy atom. The van der Waals surface area contributed by atoms with Crippen LogP contribution in [-0.4, -0.2) is 10.2 Å². The van der Waals surface area contributed by atoms with Gasteiger partial charge in [0.1, 0.15) is 11.4 Å². The third kappa shape index (κ3) is 4.19. The predicted molar refractivity (Wildman–Crippen MR) is 115 cm³/mol. The molecule has 30 heavy (non-hydrogen) atoms. The van der Waals surface area contributed by atoms with Crippen molar-refractivity contribution in [2.45, 2.75) is 32.7 Å². The lowest BCUT2D eigenvalue weighted by Crippen LogP contribution is -2.32. The maximum Gasteiger partial charge on any atom is 0.255 e. The van der Waals surface area contributed by atoms with Gasteiger partial charge in [-0.2, -0.15) is 5.26 Å². The van der Waals surface area contributed by atoms with Crippen LogP contribution >= 0.6 is 0 Å². The summed E-state index contributed by atoms with van der Waals surface area (Å²) in [5.41, 5.74) is 3.17. The minimum absolute atomic E-state index is 0.154. The highest BCUT2D eigenvalue weighted by Crippen LogP contribution is 2.36. The van der Waals surface area contributed by atoms with Gasteiger partial charge in [-0.05, 0) is 55.3 Å². The fraction of sp³-hybridized carbons (Fsp3) is 0.200. The lowest BCUT2D eigenvalue weighted by atomic mass is 9.97. The van der Waals surface area contributed by atoms with Gasteiger partial charge in [0.2, 0.25) is 0 Å². The number of aromatic nitrogens is 1. The van der Waals surface area contributed by atoms with Gasteiger partial charge in [-0.1, -0.05) is 30.3 Å². The molecule has 5 nitrogen and oxygen atoms in total. The molecule has 1 aromatic heterocycles. The molecule has 0 atom stereocenters. The van der Waals surface area contributed by atoms with Crippen molar-refractivity contribution in [2.24, 2.45) is 0 Å². The fourth-order valence-corrected chi connectivity index (χ4v) is 3.47. The molecule has 0 spiro atoms. The molecule has 2 heterocycles. The Kier molecular flexibility index (Phi) is 5.26. The monoisotopic (exact) mass is 398 g/mol. The molecule has 150 valence electrons. The molecule has 0 fully saturated rings. The third-order valence-corrected chi connectivity index (χ3v) is 4.85. The molecule has 0 saturated heterocycles. The van der Waals surface area contributed by atoms with E-state index in [1.54, 1.807) is 41.1 Å². The molecule has 1 aliphatic heterocycles. The van der Waals surface area contributed by atoms with Crippen molar-refractivity contribution >= 4 is 5.70 Å². The summed E-state index contributed by atoms with van der Waals surface area (Å²) in [7, 11) is 0. The molecule has 3 aromatic rings. The van der Waals surface area contributed by atoms with Gasteiger partial charge in [0, 0.05) is 17.8 Å². The minimum atomic E-state index is -0.588. The van der Waals surface area contributed by atoms with Gasteiger partial charge >= 0.3 is 0 Å². The Morgan fingerprint density at radius 1 is 1.03 bits per heavy atom. The average molecular weight is 398 g/mol.